The van der Waals surface area contributed by atoms with Crippen molar-refractivity contribution in [2.24, 2.45) is 5.73 Å². The Balaban J connectivity index is 2.40. The zero-order valence-corrected chi connectivity index (χ0v) is 9.53. The standard InChI is InChI=1S/C9H6F3N5S/c10-9(11,12)6-2-4-17(16-6)8-14-3-1-5(15-8)7(13)18/h1-4H,(H2,13,18). The van der Waals surface area contributed by atoms with Crippen LogP contribution in [-0.4, -0.2) is 24.7 Å². The SMILES string of the molecule is NC(=S)c1ccnc(-n2ccc(C(F)(F)F)n2)n1. The first-order valence-corrected chi connectivity index (χ1v) is 5.05. The minimum Gasteiger partial charge on any atom is -0.388 e. The van der Waals surface area contributed by atoms with E-state index >= 15 is 0 Å². The summed E-state index contributed by atoms with van der Waals surface area (Å²) in [5, 5.41) is 3.33. The fourth-order valence-corrected chi connectivity index (χ4v) is 1.30. The smallest absolute Gasteiger partial charge is 0.388 e. The number of aromatic nitrogens is 4. The summed E-state index contributed by atoms with van der Waals surface area (Å²) in [4.78, 5) is 7.72. The third-order valence-corrected chi connectivity index (χ3v) is 2.19. The Morgan fingerprint density at radius 3 is 2.61 bits per heavy atom. The normalized spacial score (nSPS) is 11.5. The molecule has 0 amide bonds. The molecule has 9 heteroatoms. The van der Waals surface area contributed by atoms with Crippen LogP contribution in [0.15, 0.2) is 24.5 Å². The van der Waals surface area contributed by atoms with Crippen LogP contribution in [0.3, 0.4) is 0 Å². The topological polar surface area (TPSA) is 69.6 Å². The minimum absolute atomic E-state index is 0.0295. The van der Waals surface area contributed by atoms with Crippen LogP contribution in [0.2, 0.25) is 0 Å². The van der Waals surface area contributed by atoms with Crippen LogP contribution < -0.4 is 5.73 Å². The van der Waals surface area contributed by atoms with Gasteiger partial charge in [-0.3, -0.25) is 0 Å². The average Bonchev–Trinajstić information content (AvgIpc) is 2.78. The lowest BCUT2D eigenvalue weighted by molar-refractivity contribution is -0.141. The van der Waals surface area contributed by atoms with E-state index in [1.165, 1.54) is 12.3 Å². The largest absolute Gasteiger partial charge is 0.435 e. The summed E-state index contributed by atoms with van der Waals surface area (Å²) in [5.41, 5.74) is 4.61. The number of alkyl halides is 3. The lowest BCUT2D eigenvalue weighted by Crippen LogP contribution is -2.14. The molecule has 5 nitrogen and oxygen atoms in total. The van der Waals surface area contributed by atoms with E-state index in [2.05, 4.69) is 15.1 Å². The molecule has 0 saturated heterocycles. The molecule has 0 unspecified atom stereocenters. The second kappa shape index (κ2) is 4.33. The molecule has 2 heterocycles. The molecule has 0 saturated carbocycles. The lowest BCUT2D eigenvalue weighted by atomic mass is 10.4. The average molecular weight is 273 g/mol. The van der Waals surface area contributed by atoms with Gasteiger partial charge in [-0.2, -0.15) is 18.3 Å². The van der Waals surface area contributed by atoms with Crippen molar-refractivity contribution in [3.63, 3.8) is 0 Å². The zero-order valence-electron chi connectivity index (χ0n) is 8.72. The van der Waals surface area contributed by atoms with E-state index in [9.17, 15) is 13.2 Å². The van der Waals surface area contributed by atoms with Gasteiger partial charge in [0.15, 0.2) is 5.69 Å². The lowest BCUT2D eigenvalue weighted by Gasteiger charge is -2.03. The highest BCUT2D eigenvalue weighted by Gasteiger charge is 2.33. The Hall–Kier alpha value is -2.03. The second-order valence-electron chi connectivity index (χ2n) is 3.25. The van der Waals surface area contributed by atoms with E-state index in [-0.39, 0.29) is 16.6 Å². The molecule has 0 atom stereocenters. The molecule has 0 radical (unpaired) electrons. The first-order valence-electron chi connectivity index (χ1n) is 4.64. The van der Waals surface area contributed by atoms with Gasteiger partial charge in [0.05, 0.1) is 0 Å². The molecular formula is C9H6F3N5S. The number of nitrogens with zero attached hydrogens (tertiary/aromatic N) is 4. The molecule has 2 aromatic heterocycles. The molecule has 0 aliphatic carbocycles. The van der Waals surface area contributed by atoms with Crippen molar-refractivity contribution in [3.8, 4) is 5.95 Å². The van der Waals surface area contributed by atoms with Crippen LogP contribution in [0.1, 0.15) is 11.4 Å². The molecule has 2 rings (SSSR count). The summed E-state index contributed by atoms with van der Waals surface area (Å²) in [6.45, 7) is 0. The summed E-state index contributed by atoms with van der Waals surface area (Å²) in [6, 6.07) is 2.29. The van der Waals surface area contributed by atoms with Gasteiger partial charge in [-0.25, -0.2) is 14.6 Å². The highest BCUT2D eigenvalue weighted by molar-refractivity contribution is 7.80. The summed E-state index contributed by atoms with van der Waals surface area (Å²) in [7, 11) is 0. The first-order chi connectivity index (χ1) is 8.38. The molecule has 0 aliphatic rings. The molecule has 2 aromatic rings. The maximum absolute atomic E-state index is 12.4. The molecule has 0 spiro atoms. The van der Waals surface area contributed by atoms with E-state index in [4.69, 9.17) is 18.0 Å². The van der Waals surface area contributed by atoms with Crippen molar-refractivity contribution in [1.82, 2.24) is 19.7 Å². The Bertz CT molecular complexity index is 592. The maximum Gasteiger partial charge on any atom is 0.435 e. The predicted octanol–water partition coefficient (Wildman–Crippen LogP) is 1.32. The van der Waals surface area contributed by atoms with Crippen molar-refractivity contribution >= 4 is 17.2 Å². The van der Waals surface area contributed by atoms with Gasteiger partial charge in [0.2, 0.25) is 0 Å². The molecule has 18 heavy (non-hydrogen) atoms. The summed E-state index contributed by atoms with van der Waals surface area (Å²) in [6.07, 6.45) is -2.06. The van der Waals surface area contributed by atoms with Crippen LogP contribution in [-0.2, 0) is 6.18 Å². The van der Waals surface area contributed by atoms with Gasteiger partial charge >= 0.3 is 6.18 Å². The molecule has 0 bridgehead atoms. The Morgan fingerprint density at radius 1 is 1.33 bits per heavy atom. The molecule has 0 aliphatic heterocycles. The van der Waals surface area contributed by atoms with Crippen LogP contribution in [0.4, 0.5) is 13.2 Å². The third-order valence-electron chi connectivity index (χ3n) is 1.98. The fourth-order valence-electron chi connectivity index (χ4n) is 1.18. The van der Waals surface area contributed by atoms with E-state index in [0.29, 0.717) is 0 Å². The molecule has 0 aromatic carbocycles. The predicted molar refractivity (Wildman–Crippen MR) is 60.0 cm³/mol. The van der Waals surface area contributed by atoms with Crippen molar-refractivity contribution in [3.05, 3.63) is 35.9 Å². The summed E-state index contributed by atoms with van der Waals surface area (Å²) in [5.74, 6) is -0.0317. The number of thiocarbonyl (C=S) groups is 1. The minimum atomic E-state index is -4.51. The van der Waals surface area contributed by atoms with E-state index in [0.717, 1.165) is 16.9 Å². The molecular weight excluding hydrogens is 267 g/mol. The zero-order chi connectivity index (χ0) is 13.3. The molecule has 94 valence electrons. The Labute approximate surface area is 104 Å². The number of nitrogens with two attached hydrogens (primary N) is 1. The van der Waals surface area contributed by atoms with Gasteiger partial charge in [-0.05, 0) is 12.1 Å². The van der Waals surface area contributed by atoms with Crippen molar-refractivity contribution < 1.29 is 13.2 Å². The second-order valence-corrected chi connectivity index (χ2v) is 3.69. The van der Waals surface area contributed by atoms with Crippen LogP contribution in [0, 0.1) is 0 Å². The maximum atomic E-state index is 12.4. The number of halogens is 3. The van der Waals surface area contributed by atoms with Gasteiger partial charge in [0.25, 0.3) is 5.95 Å². The van der Waals surface area contributed by atoms with E-state index in [1.807, 2.05) is 0 Å². The highest BCUT2D eigenvalue weighted by atomic mass is 32.1. The highest BCUT2D eigenvalue weighted by Crippen LogP contribution is 2.27. The number of hydrogen-bond donors (Lipinski definition) is 1. The van der Waals surface area contributed by atoms with Crippen molar-refractivity contribution in [2.45, 2.75) is 6.18 Å². The third kappa shape index (κ3) is 2.45. The number of hydrogen-bond acceptors (Lipinski definition) is 4. The van der Waals surface area contributed by atoms with E-state index < -0.39 is 11.9 Å². The quantitative estimate of drug-likeness (QED) is 0.836. The van der Waals surface area contributed by atoms with Crippen LogP contribution >= 0.6 is 12.2 Å². The molecule has 2 N–H and O–H groups in total. The Morgan fingerprint density at radius 2 is 2.06 bits per heavy atom. The Kier molecular flexibility index (Phi) is 2.99. The summed E-state index contributed by atoms with van der Waals surface area (Å²) < 4.78 is 38.0. The van der Waals surface area contributed by atoms with Crippen molar-refractivity contribution in [2.75, 3.05) is 0 Å². The van der Waals surface area contributed by atoms with E-state index in [1.54, 1.807) is 0 Å². The fraction of sp³-hybridized carbons (Fsp3) is 0.111. The monoisotopic (exact) mass is 273 g/mol. The number of rotatable bonds is 2. The van der Waals surface area contributed by atoms with Gasteiger partial charge in [0.1, 0.15) is 10.7 Å². The van der Waals surface area contributed by atoms with Gasteiger partial charge in [0, 0.05) is 12.4 Å². The van der Waals surface area contributed by atoms with Gasteiger partial charge in [-0.1, -0.05) is 12.2 Å². The molecule has 0 fully saturated rings. The van der Waals surface area contributed by atoms with Crippen molar-refractivity contribution in [1.29, 1.82) is 0 Å². The van der Waals surface area contributed by atoms with Gasteiger partial charge in [-0.15, -0.1) is 0 Å². The first kappa shape index (κ1) is 12.4. The van der Waals surface area contributed by atoms with Gasteiger partial charge < -0.3 is 5.73 Å². The summed E-state index contributed by atoms with van der Waals surface area (Å²) >= 11 is 4.71. The van der Waals surface area contributed by atoms with Crippen LogP contribution in [0.5, 0.6) is 0 Å². The van der Waals surface area contributed by atoms with Crippen LogP contribution in [0.25, 0.3) is 5.95 Å².